The summed E-state index contributed by atoms with van der Waals surface area (Å²) in [6, 6.07) is 0. The summed E-state index contributed by atoms with van der Waals surface area (Å²) >= 11 is 0. The quantitative estimate of drug-likeness (QED) is 0.113. The average molecular weight is 497 g/mol. The number of carbonyl (C=O) groups excluding carboxylic acids is 2. The lowest BCUT2D eigenvalue weighted by atomic mass is 10.1. The first-order chi connectivity index (χ1) is 16.2. The van der Waals surface area contributed by atoms with Gasteiger partial charge in [-0.3, -0.25) is 9.59 Å². The molecule has 0 saturated heterocycles. The fraction of sp³-hybridized carbons (Fsp3) is 0.923. The lowest BCUT2D eigenvalue weighted by Gasteiger charge is -2.24. The summed E-state index contributed by atoms with van der Waals surface area (Å²) in [6.07, 6.45) is 18.0. The first-order valence-corrected chi connectivity index (χ1v) is 13.5. The van der Waals surface area contributed by atoms with Crippen LogP contribution in [0.5, 0.6) is 0 Å². The molecule has 0 aromatic carbocycles. The van der Waals surface area contributed by atoms with E-state index in [1.54, 1.807) is 0 Å². The molecule has 2 amide bonds. The van der Waals surface area contributed by atoms with Crippen LogP contribution in [0.3, 0.4) is 0 Å². The van der Waals surface area contributed by atoms with Crippen molar-refractivity contribution in [2.45, 2.75) is 141 Å². The molecule has 0 bridgehead atoms. The first kappa shape index (κ1) is 32.7. The predicted molar refractivity (Wildman–Crippen MR) is 130 cm³/mol. The van der Waals surface area contributed by atoms with E-state index in [2.05, 4.69) is 13.8 Å². The van der Waals surface area contributed by atoms with Gasteiger partial charge in [0, 0.05) is 13.1 Å². The Hall–Kier alpha value is -1.34. The topological polar surface area (TPSA) is 58.2 Å². The molecule has 2 N–H and O–H groups in total. The fourth-order valence-electron chi connectivity index (χ4n) is 3.78. The molecule has 0 rings (SSSR count). The van der Waals surface area contributed by atoms with Gasteiger partial charge in [0.2, 0.25) is 0 Å². The van der Waals surface area contributed by atoms with Crippen LogP contribution < -0.4 is 10.6 Å². The van der Waals surface area contributed by atoms with E-state index in [1.807, 2.05) is 10.6 Å². The normalized spacial score (nSPS) is 12.1. The molecule has 4 nitrogen and oxygen atoms in total. The molecule has 0 aromatic rings. The highest BCUT2D eigenvalue weighted by Crippen LogP contribution is 2.34. The van der Waals surface area contributed by atoms with E-state index < -0.39 is 23.7 Å². The zero-order valence-electron chi connectivity index (χ0n) is 21.5. The highest BCUT2D eigenvalue weighted by Gasteiger charge is 2.66. The van der Waals surface area contributed by atoms with Gasteiger partial charge >= 0.3 is 11.8 Å². The number of hydrogen-bond acceptors (Lipinski definition) is 2. The number of alkyl halides is 4. The van der Waals surface area contributed by atoms with Gasteiger partial charge in [0.25, 0.3) is 11.8 Å². The van der Waals surface area contributed by atoms with Gasteiger partial charge in [0.05, 0.1) is 0 Å². The molecule has 202 valence electrons. The third-order valence-corrected chi connectivity index (χ3v) is 6.10. The predicted octanol–water partition coefficient (Wildman–Crippen LogP) is 7.55. The van der Waals surface area contributed by atoms with Crippen LogP contribution in [0.1, 0.15) is 129 Å². The standard InChI is InChI=1S/C26H48F4N2O2/c1-3-5-7-9-11-13-15-17-19-21-31-23(33)25(27,28)26(29,30)24(34)32-22-20-18-16-14-12-10-8-6-4-2/h3-22H2,1-2H3,(H,31,33)(H,32,34). The largest absolute Gasteiger partial charge is 0.395 e. The highest BCUT2D eigenvalue weighted by atomic mass is 19.3. The van der Waals surface area contributed by atoms with Gasteiger partial charge in [-0.2, -0.15) is 17.6 Å². The van der Waals surface area contributed by atoms with Crippen LogP contribution in [0.4, 0.5) is 17.6 Å². The number of unbranched alkanes of at least 4 members (excludes halogenated alkanes) is 16. The van der Waals surface area contributed by atoms with Crippen molar-refractivity contribution >= 4 is 11.8 Å². The summed E-state index contributed by atoms with van der Waals surface area (Å²) in [5, 5.41) is 3.72. The van der Waals surface area contributed by atoms with Crippen molar-refractivity contribution in [3.05, 3.63) is 0 Å². The van der Waals surface area contributed by atoms with E-state index in [0.717, 1.165) is 51.4 Å². The Labute approximate surface area is 204 Å². The molecule has 0 saturated carbocycles. The van der Waals surface area contributed by atoms with E-state index >= 15 is 0 Å². The van der Waals surface area contributed by atoms with Crippen molar-refractivity contribution in [3.8, 4) is 0 Å². The van der Waals surface area contributed by atoms with E-state index in [0.29, 0.717) is 12.8 Å². The second-order valence-corrected chi connectivity index (χ2v) is 9.32. The number of halogens is 4. The lowest BCUT2D eigenvalue weighted by molar-refractivity contribution is -0.211. The van der Waals surface area contributed by atoms with E-state index in [4.69, 9.17) is 0 Å². The van der Waals surface area contributed by atoms with Gasteiger partial charge in [-0.05, 0) is 12.8 Å². The van der Waals surface area contributed by atoms with E-state index in [1.165, 1.54) is 51.4 Å². The fourth-order valence-corrected chi connectivity index (χ4v) is 3.78. The minimum absolute atomic E-state index is 0.111. The molecular formula is C26H48F4N2O2. The Bertz CT molecular complexity index is 485. The van der Waals surface area contributed by atoms with Crippen LogP contribution in [0.15, 0.2) is 0 Å². The third kappa shape index (κ3) is 14.1. The van der Waals surface area contributed by atoms with Gasteiger partial charge < -0.3 is 10.6 Å². The molecule has 0 aliphatic carbocycles. The average Bonchev–Trinajstić information content (AvgIpc) is 2.80. The molecule has 8 heteroatoms. The first-order valence-electron chi connectivity index (χ1n) is 13.5. The van der Waals surface area contributed by atoms with Crippen molar-refractivity contribution in [2.75, 3.05) is 13.1 Å². The molecule has 0 radical (unpaired) electrons. The van der Waals surface area contributed by atoms with Gasteiger partial charge in [-0.15, -0.1) is 0 Å². The van der Waals surface area contributed by atoms with Gasteiger partial charge in [0.1, 0.15) is 0 Å². The highest BCUT2D eigenvalue weighted by molar-refractivity contribution is 5.95. The molecule has 0 atom stereocenters. The Morgan fingerprint density at radius 2 is 0.706 bits per heavy atom. The monoisotopic (exact) mass is 496 g/mol. The SMILES string of the molecule is CCCCCCCCCCCNC(=O)C(F)(F)C(F)(F)C(=O)NCCCCCCCCCCC. The number of nitrogens with one attached hydrogen (secondary N) is 2. The molecule has 0 aliphatic heterocycles. The van der Waals surface area contributed by atoms with E-state index in [-0.39, 0.29) is 13.1 Å². The van der Waals surface area contributed by atoms with Gasteiger partial charge in [-0.1, -0.05) is 117 Å². The maximum Gasteiger partial charge on any atom is 0.395 e. The summed E-state index contributed by atoms with van der Waals surface area (Å²) in [5.74, 6) is -14.4. The molecule has 0 spiro atoms. The zero-order valence-corrected chi connectivity index (χ0v) is 21.5. The lowest BCUT2D eigenvalue weighted by Crippen LogP contribution is -2.59. The van der Waals surface area contributed by atoms with Crippen molar-refractivity contribution in [2.24, 2.45) is 0 Å². The molecule has 0 aliphatic rings. The maximum absolute atomic E-state index is 14.0. The molecule has 0 fully saturated rings. The van der Waals surface area contributed by atoms with Crippen LogP contribution in [0.25, 0.3) is 0 Å². The van der Waals surface area contributed by atoms with Crippen molar-refractivity contribution < 1.29 is 27.2 Å². The summed E-state index contributed by atoms with van der Waals surface area (Å²) in [6.45, 7) is 4.08. The molecule has 34 heavy (non-hydrogen) atoms. The van der Waals surface area contributed by atoms with Crippen molar-refractivity contribution in [1.82, 2.24) is 10.6 Å². The van der Waals surface area contributed by atoms with Gasteiger partial charge in [-0.25, -0.2) is 0 Å². The Kier molecular flexibility index (Phi) is 19.1. The Balaban J connectivity index is 4.03. The van der Waals surface area contributed by atoms with E-state index in [9.17, 15) is 27.2 Å². The smallest absolute Gasteiger partial charge is 0.351 e. The van der Waals surface area contributed by atoms with Crippen molar-refractivity contribution in [1.29, 1.82) is 0 Å². The minimum atomic E-state index is -5.09. The zero-order chi connectivity index (χ0) is 25.7. The summed E-state index contributed by atoms with van der Waals surface area (Å²) in [7, 11) is 0. The Morgan fingerprint density at radius 3 is 0.971 bits per heavy atom. The molecule has 0 unspecified atom stereocenters. The maximum atomic E-state index is 14.0. The number of rotatable bonds is 23. The second-order valence-electron chi connectivity index (χ2n) is 9.32. The number of carbonyl (C=O) groups is 2. The summed E-state index contributed by atoms with van der Waals surface area (Å²) in [5.41, 5.74) is 0. The number of hydrogen-bond donors (Lipinski definition) is 2. The second kappa shape index (κ2) is 19.9. The van der Waals surface area contributed by atoms with Crippen LogP contribution in [0.2, 0.25) is 0 Å². The molecule has 0 aromatic heterocycles. The van der Waals surface area contributed by atoms with Gasteiger partial charge in [0.15, 0.2) is 0 Å². The minimum Gasteiger partial charge on any atom is -0.351 e. The van der Waals surface area contributed by atoms with Crippen LogP contribution in [0, 0.1) is 0 Å². The Morgan fingerprint density at radius 1 is 0.471 bits per heavy atom. The van der Waals surface area contributed by atoms with Crippen LogP contribution >= 0.6 is 0 Å². The summed E-state index contributed by atoms with van der Waals surface area (Å²) < 4.78 is 56.0. The third-order valence-electron chi connectivity index (χ3n) is 6.10. The van der Waals surface area contributed by atoms with Crippen LogP contribution in [-0.2, 0) is 9.59 Å². The molecule has 0 heterocycles. The molecular weight excluding hydrogens is 448 g/mol. The van der Waals surface area contributed by atoms with Crippen molar-refractivity contribution in [3.63, 3.8) is 0 Å². The summed E-state index contributed by atoms with van der Waals surface area (Å²) in [4.78, 5) is 23.3. The number of amides is 2. The van der Waals surface area contributed by atoms with Crippen LogP contribution in [-0.4, -0.2) is 36.7 Å².